The highest BCUT2D eigenvalue weighted by Crippen LogP contribution is 2.67. The maximum absolute atomic E-state index is 7.33. The van der Waals surface area contributed by atoms with Crippen LogP contribution >= 0.6 is 0 Å². The standard InChI is InChI=1S/C68H60N5O/c1-40-33-60-69(39-51(40)41-19-17-20-45(34-41)70-52-24-14-11-21-47(52)48-22-12-15-25-53(48)70)68-61-56(27-18-28-58(61)74-59-32-30-50-49-23-13-16-26-54(49)73(60)63(50)62(59)68)72-57-38-42(65(2,3)4)29-31-55(57)71(64(68)72)46-36-43(66(5,6)7)35-44(37-46)67(8,9)10/h11-39,64H,1-10H3/q+1. The summed E-state index contributed by atoms with van der Waals surface area (Å²) in [6.45, 7) is 23.4. The number of anilines is 4. The molecule has 362 valence electrons. The first-order valence-electron chi connectivity index (χ1n) is 26.4. The zero-order chi connectivity index (χ0) is 50.5. The third kappa shape index (κ3) is 5.58. The highest BCUT2D eigenvalue weighted by molar-refractivity contribution is 6.13. The summed E-state index contributed by atoms with van der Waals surface area (Å²) in [7, 11) is 0. The molecule has 6 heteroatoms. The van der Waals surface area contributed by atoms with Gasteiger partial charge in [0.15, 0.2) is 11.7 Å². The van der Waals surface area contributed by atoms with Gasteiger partial charge < -0.3 is 19.1 Å². The van der Waals surface area contributed by atoms with Gasteiger partial charge in [-0.15, -0.1) is 0 Å². The van der Waals surface area contributed by atoms with Crippen molar-refractivity contribution in [3.8, 4) is 34.1 Å². The molecule has 2 atom stereocenters. The van der Waals surface area contributed by atoms with Gasteiger partial charge >= 0.3 is 0 Å². The lowest BCUT2D eigenvalue weighted by atomic mass is 9.76. The summed E-state index contributed by atoms with van der Waals surface area (Å²) in [5, 5.41) is 4.98. The molecule has 15 rings (SSSR count). The molecule has 11 aromatic rings. The third-order valence-electron chi connectivity index (χ3n) is 17.1. The van der Waals surface area contributed by atoms with E-state index in [1.165, 1.54) is 111 Å². The fourth-order valence-electron chi connectivity index (χ4n) is 13.5. The van der Waals surface area contributed by atoms with Crippen molar-refractivity contribution in [3.63, 3.8) is 0 Å². The monoisotopic (exact) mass is 962 g/mol. The molecule has 0 saturated heterocycles. The van der Waals surface area contributed by atoms with E-state index in [2.05, 4.69) is 269 Å². The quantitative estimate of drug-likeness (QED) is 0.165. The first-order valence-corrected chi connectivity index (χ1v) is 26.4. The van der Waals surface area contributed by atoms with Gasteiger partial charge in [-0.3, -0.25) is 0 Å². The maximum atomic E-state index is 7.33. The predicted octanol–water partition coefficient (Wildman–Crippen LogP) is 16.9. The molecule has 0 bridgehead atoms. The number of nitrogens with zero attached hydrogens (tertiary/aromatic N) is 5. The molecule has 0 aliphatic carbocycles. The molecule has 0 saturated carbocycles. The van der Waals surface area contributed by atoms with Crippen LogP contribution in [-0.4, -0.2) is 15.3 Å². The molecular formula is C68H60N5O+. The lowest BCUT2D eigenvalue weighted by Crippen LogP contribution is -2.70. The second-order valence-corrected chi connectivity index (χ2v) is 24.6. The van der Waals surface area contributed by atoms with Crippen LogP contribution in [0.3, 0.4) is 0 Å². The van der Waals surface area contributed by atoms with Crippen LogP contribution in [0.5, 0.6) is 11.5 Å². The topological polar surface area (TPSA) is 29.4 Å². The summed E-state index contributed by atoms with van der Waals surface area (Å²) in [6.07, 6.45) is 2.23. The van der Waals surface area contributed by atoms with Gasteiger partial charge in [0.05, 0.1) is 39.2 Å². The van der Waals surface area contributed by atoms with Crippen molar-refractivity contribution in [1.82, 2.24) is 9.13 Å². The molecular weight excluding hydrogens is 903 g/mol. The van der Waals surface area contributed by atoms with Gasteiger partial charge in [-0.25, -0.2) is 4.57 Å². The van der Waals surface area contributed by atoms with E-state index in [-0.39, 0.29) is 22.4 Å². The van der Waals surface area contributed by atoms with Gasteiger partial charge in [0, 0.05) is 44.5 Å². The van der Waals surface area contributed by atoms with Gasteiger partial charge in [-0.1, -0.05) is 141 Å². The van der Waals surface area contributed by atoms with Crippen LogP contribution in [0.15, 0.2) is 176 Å². The largest absolute Gasteiger partial charge is 0.456 e. The van der Waals surface area contributed by atoms with E-state index in [0.717, 1.165) is 23.0 Å². The van der Waals surface area contributed by atoms with Crippen molar-refractivity contribution in [1.29, 1.82) is 0 Å². The Balaban J connectivity index is 1.08. The van der Waals surface area contributed by atoms with Gasteiger partial charge in [-0.2, -0.15) is 4.57 Å². The molecule has 0 amide bonds. The lowest BCUT2D eigenvalue weighted by molar-refractivity contribution is -0.740. The number of aromatic nitrogens is 3. The second kappa shape index (κ2) is 14.4. The van der Waals surface area contributed by atoms with E-state index in [0.29, 0.717) is 0 Å². The molecule has 0 N–H and O–H groups in total. The Morgan fingerprint density at radius 3 is 1.73 bits per heavy atom. The number of rotatable bonds is 3. The normalized spacial score (nSPS) is 17.3. The van der Waals surface area contributed by atoms with Crippen molar-refractivity contribution in [2.24, 2.45) is 0 Å². The number of fused-ring (bicyclic) bond motifs is 12. The Bertz CT molecular complexity index is 4200. The average Bonchev–Trinajstić information content (AvgIpc) is 4.10. The van der Waals surface area contributed by atoms with Gasteiger partial charge in [0.2, 0.25) is 5.54 Å². The van der Waals surface area contributed by atoms with E-state index in [1.54, 1.807) is 0 Å². The van der Waals surface area contributed by atoms with Crippen LogP contribution in [0.25, 0.3) is 66.2 Å². The molecule has 6 nitrogen and oxygen atoms in total. The van der Waals surface area contributed by atoms with Crippen LogP contribution < -0.4 is 19.1 Å². The Morgan fingerprint density at radius 1 is 0.459 bits per heavy atom. The van der Waals surface area contributed by atoms with Crippen molar-refractivity contribution in [2.45, 2.75) is 97.2 Å². The average molecular weight is 963 g/mol. The van der Waals surface area contributed by atoms with Gasteiger partial charge in [-0.05, 0) is 136 Å². The van der Waals surface area contributed by atoms with Crippen LogP contribution in [0, 0.1) is 6.92 Å². The molecule has 3 aromatic heterocycles. The van der Waals surface area contributed by atoms with Crippen molar-refractivity contribution >= 4 is 66.4 Å². The molecule has 0 fully saturated rings. The summed E-state index contributed by atoms with van der Waals surface area (Å²) in [4.78, 5) is 5.42. The number of pyridine rings is 1. The molecule has 1 spiro atoms. The molecule has 7 heterocycles. The summed E-state index contributed by atoms with van der Waals surface area (Å²) >= 11 is 0. The Morgan fingerprint density at radius 2 is 1.07 bits per heavy atom. The zero-order valence-electron chi connectivity index (χ0n) is 44.0. The number of para-hydroxylation sites is 3. The van der Waals surface area contributed by atoms with Crippen LogP contribution in [0.1, 0.15) is 95.7 Å². The Hall–Kier alpha value is -8.09. The summed E-state index contributed by atoms with van der Waals surface area (Å²) < 4.78 is 15.0. The van der Waals surface area contributed by atoms with E-state index in [1.807, 2.05) is 0 Å². The fraction of sp³-hybridized carbons (Fsp3) is 0.221. The Kier molecular flexibility index (Phi) is 8.44. The van der Waals surface area contributed by atoms with E-state index in [9.17, 15) is 0 Å². The molecule has 4 aliphatic heterocycles. The number of hydrogen-bond acceptors (Lipinski definition) is 3. The second-order valence-electron chi connectivity index (χ2n) is 24.6. The summed E-state index contributed by atoms with van der Waals surface area (Å²) in [5.41, 5.74) is 19.5. The molecule has 8 aromatic carbocycles. The fourth-order valence-corrected chi connectivity index (χ4v) is 13.5. The third-order valence-corrected chi connectivity index (χ3v) is 17.1. The highest BCUT2D eigenvalue weighted by Gasteiger charge is 2.70. The minimum atomic E-state index is -0.827. The van der Waals surface area contributed by atoms with E-state index in [4.69, 9.17) is 4.74 Å². The van der Waals surface area contributed by atoms with Crippen molar-refractivity contribution in [2.75, 3.05) is 9.80 Å². The minimum Gasteiger partial charge on any atom is -0.456 e. The maximum Gasteiger partial charge on any atom is 0.288 e. The first-order chi connectivity index (χ1) is 35.5. The van der Waals surface area contributed by atoms with E-state index < -0.39 is 5.54 Å². The lowest BCUT2D eigenvalue weighted by Gasteiger charge is -2.44. The smallest absolute Gasteiger partial charge is 0.288 e. The minimum absolute atomic E-state index is 0.0747. The van der Waals surface area contributed by atoms with Crippen LogP contribution in [0.4, 0.5) is 22.7 Å². The molecule has 0 radical (unpaired) electrons. The van der Waals surface area contributed by atoms with Crippen molar-refractivity contribution in [3.05, 3.63) is 209 Å². The summed E-state index contributed by atoms with van der Waals surface area (Å²) in [5.74, 6) is 2.93. The predicted molar refractivity (Wildman–Crippen MR) is 305 cm³/mol. The molecule has 2 unspecified atom stereocenters. The number of benzene rings is 8. The van der Waals surface area contributed by atoms with Crippen LogP contribution in [0.2, 0.25) is 0 Å². The molecule has 4 aliphatic rings. The highest BCUT2D eigenvalue weighted by atomic mass is 16.5. The molecule has 74 heavy (non-hydrogen) atoms. The summed E-state index contributed by atoms with van der Waals surface area (Å²) in [6, 6.07) is 64.3. The SMILES string of the molecule is Cc1cc2[n+](cc1-c1cccc(-n3c4ccccc4c4ccccc43)c1)C13c4c(cccc4N4c5cc(C(C)(C)C)ccc5N(c5cc(C(C)(C)C)cc(C(C)(C)C)c5)C41)Oc1ccc4c5ccccc5n-2c4c13. The van der Waals surface area contributed by atoms with Crippen molar-refractivity contribution < 1.29 is 9.30 Å². The van der Waals surface area contributed by atoms with Crippen LogP contribution in [-0.2, 0) is 21.8 Å². The number of ether oxygens (including phenoxy) is 1. The van der Waals surface area contributed by atoms with E-state index >= 15 is 0 Å². The van der Waals surface area contributed by atoms with Gasteiger partial charge in [0.1, 0.15) is 23.2 Å². The zero-order valence-corrected chi connectivity index (χ0v) is 44.0. The number of aryl methyl sites for hydroxylation is 1. The number of hydrogen-bond donors (Lipinski definition) is 0. The first kappa shape index (κ1) is 43.5. The van der Waals surface area contributed by atoms with Gasteiger partial charge in [0.25, 0.3) is 5.82 Å². The Labute approximate surface area is 433 Å².